The van der Waals surface area contributed by atoms with Crippen LogP contribution < -0.4 is 10.5 Å². The fourth-order valence-corrected chi connectivity index (χ4v) is 2.73. The Morgan fingerprint density at radius 2 is 1.88 bits per heavy atom. The molecule has 0 aromatic rings. The lowest BCUT2D eigenvalue weighted by Crippen LogP contribution is -2.32. The molecule has 0 saturated carbocycles. The molecule has 98 valence electrons. The van der Waals surface area contributed by atoms with Gasteiger partial charge in [0.15, 0.2) is 0 Å². The maximum atomic E-state index is 11.6. The van der Waals surface area contributed by atoms with Crippen LogP contribution in [0.15, 0.2) is 0 Å². The Bertz CT molecular complexity index is 281. The van der Waals surface area contributed by atoms with E-state index in [4.69, 9.17) is 5.73 Å². The number of hydrogen-bond acceptors (Lipinski definition) is 3. The highest BCUT2D eigenvalue weighted by atomic mass is 32.2. The van der Waals surface area contributed by atoms with Gasteiger partial charge in [0.05, 0.1) is 5.75 Å². The molecule has 0 aromatic heterocycles. The van der Waals surface area contributed by atoms with Gasteiger partial charge < -0.3 is 5.73 Å². The zero-order valence-electron chi connectivity index (χ0n) is 10.9. The van der Waals surface area contributed by atoms with Crippen molar-refractivity contribution < 1.29 is 8.42 Å². The number of sulfonamides is 1. The second-order valence-electron chi connectivity index (χ2n) is 5.66. The third-order valence-corrected chi connectivity index (χ3v) is 3.78. The van der Waals surface area contributed by atoms with E-state index in [2.05, 4.69) is 4.72 Å². The van der Waals surface area contributed by atoms with Crippen LogP contribution in [0.1, 0.15) is 40.5 Å². The molecule has 0 radical (unpaired) electrons. The summed E-state index contributed by atoms with van der Waals surface area (Å²) in [6.07, 6.45) is 1.52. The minimum atomic E-state index is -3.12. The molecule has 0 aliphatic carbocycles. The maximum absolute atomic E-state index is 11.6. The normalized spacial score (nSPS) is 15.1. The molecule has 0 heterocycles. The summed E-state index contributed by atoms with van der Waals surface area (Å²) in [5, 5.41) is 0. The Morgan fingerprint density at radius 1 is 1.31 bits per heavy atom. The first-order chi connectivity index (χ1) is 7.16. The zero-order valence-corrected chi connectivity index (χ0v) is 11.7. The smallest absolute Gasteiger partial charge is 0.211 e. The molecule has 0 spiro atoms. The number of nitrogens with one attached hydrogen (secondary N) is 1. The summed E-state index contributed by atoms with van der Waals surface area (Å²) >= 11 is 0. The van der Waals surface area contributed by atoms with E-state index in [1.807, 2.05) is 27.7 Å². The molecule has 4 nitrogen and oxygen atoms in total. The van der Waals surface area contributed by atoms with Gasteiger partial charge in [-0.15, -0.1) is 0 Å². The average molecular weight is 250 g/mol. The second-order valence-corrected chi connectivity index (χ2v) is 7.59. The predicted molar refractivity (Wildman–Crippen MR) is 68.7 cm³/mol. The van der Waals surface area contributed by atoms with Crippen molar-refractivity contribution in [3.63, 3.8) is 0 Å². The molecule has 16 heavy (non-hydrogen) atoms. The van der Waals surface area contributed by atoms with Gasteiger partial charge in [0.1, 0.15) is 0 Å². The quantitative estimate of drug-likeness (QED) is 0.716. The van der Waals surface area contributed by atoms with E-state index in [-0.39, 0.29) is 11.2 Å². The van der Waals surface area contributed by atoms with Crippen LogP contribution in [0.2, 0.25) is 0 Å². The van der Waals surface area contributed by atoms with Crippen molar-refractivity contribution in [2.45, 2.75) is 40.5 Å². The third-order valence-electron chi connectivity index (χ3n) is 2.43. The lowest BCUT2D eigenvalue weighted by molar-refractivity contribution is 0.395. The molecule has 0 aliphatic heterocycles. The molecular formula is C11H26N2O2S. The van der Waals surface area contributed by atoms with E-state index in [1.165, 1.54) is 0 Å². The summed E-state index contributed by atoms with van der Waals surface area (Å²) in [7, 11) is -3.12. The van der Waals surface area contributed by atoms with E-state index in [0.717, 1.165) is 6.42 Å². The van der Waals surface area contributed by atoms with Crippen LogP contribution in [0.5, 0.6) is 0 Å². The minimum Gasteiger partial charge on any atom is -0.330 e. The van der Waals surface area contributed by atoms with E-state index in [0.29, 0.717) is 25.4 Å². The largest absolute Gasteiger partial charge is 0.330 e. The van der Waals surface area contributed by atoms with Crippen molar-refractivity contribution in [1.82, 2.24) is 4.72 Å². The number of nitrogens with two attached hydrogens (primary N) is 1. The molecule has 0 saturated heterocycles. The van der Waals surface area contributed by atoms with E-state index < -0.39 is 10.0 Å². The number of rotatable bonds is 7. The maximum Gasteiger partial charge on any atom is 0.211 e. The Hall–Kier alpha value is -0.130. The van der Waals surface area contributed by atoms with Gasteiger partial charge in [-0.25, -0.2) is 13.1 Å². The van der Waals surface area contributed by atoms with E-state index in [1.54, 1.807) is 0 Å². The van der Waals surface area contributed by atoms with Crippen molar-refractivity contribution in [3.8, 4) is 0 Å². The van der Waals surface area contributed by atoms with Crippen molar-refractivity contribution in [3.05, 3.63) is 0 Å². The first-order valence-corrected chi connectivity index (χ1v) is 7.49. The Morgan fingerprint density at radius 3 is 2.31 bits per heavy atom. The van der Waals surface area contributed by atoms with E-state index >= 15 is 0 Å². The van der Waals surface area contributed by atoms with Crippen LogP contribution in [-0.4, -0.2) is 27.3 Å². The van der Waals surface area contributed by atoms with E-state index in [9.17, 15) is 8.42 Å². The monoisotopic (exact) mass is 250 g/mol. The van der Waals surface area contributed by atoms with Gasteiger partial charge in [-0.1, -0.05) is 27.7 Å². The highest BCUT2D eigenvalue weighted by Gasteiger charge is 2.17. The van der Waals surface area contributed by atoms with Crippen LogP contribution in [-0.2, 0) is 10.0 Å². The van der Waals surface area contributed by atoms with Crippen LogP contribution in [0, 0.1) is 11.3 Å². The van der Waals surface area contributed by atoms with Crippen molar-refractivity contribution in [1.29, 1.82) is 0 Å². The molecule has 0 aromatic carbocycles. The topological polar surface area (TPSA) is 72.2 Å². The molecule has 5 heteroatoms. The average Bonchev–Trinajstić information content (AvgIpc) is 2.12. The van der Waals surface area contributed by atoms with Gasteiger partial charge in [0.2, 0.25) is 10.0 Å². The SMILES string of the molecule is CC(CCN)CNS(=O)(=O)CCC(C)(C)C. The molecule has 0 aliphatic rings. The zero-order chi connectivity index (χ0) is 12.8. The van der Waals surface area contributed by atoms with Gasteiger partial charge >= 0.3 is 0 Å². The molecule has 1 unspecified atom stereocenters. The van der Waals surface area contributed by atoms with Gasteiger partial charge in [-0.2, -0.15) is 0 Å². The Kier molecular flexibility index (Phi) is 6.51. The van der Waals surface area contributed by atoms with Crippen LogP contribution in [0.25, 0.3) is 0 Å². The lowest BCUT2D eigenvalue weighted by Gasteiger charge is -2.18. The third kappa shape index (κ3) is 9.12. The van der Waals surface area contributed by atoms with Crippen LogP contribution in [0.3, 0.4) is 0 Å². The van der Waals surface area contributed by atoms with Crippen LogP contribution >= 0.6 is 0 Å². The highest BCUT2D eigenvalue weighted by molar-refractivity contribution is 7.89. The minimum absolute atomic E-state index is 0.0532. The summed E-state index contributed by atoms with van der Waals surface area (Å²) < 4.78 is 25.9. The first-order valence-electron chi connectivity index (χ1n) is 5.84. The predicted octanol–water partition coefficient (Wildman–Crippen LogP) is 1.33. The Balaban J connectivity index is 3.97. The number of hydrogen-bond donors (Lipinski definition) is 2. The van der Waals surface area contributed by atoms with Gasteiger partial charge in [-0.3, -0.25) is 0 Å². The summed E-state index contributed by atoms with van der Waals surface area (Å²) in [5.74, 6) is 0.501. The van der Waals surface area contributed by atoms with Crippen molar-refractivity contribution >= 4 is 10.0 Å². The van der Waals surface area contributed by atoms with Gasteiger partial charge in [-0.05, 0) is 30.7 Å². The fraction of sp³-hybridized carbons (Fsp3) is 1.00. The second kappa shape index (κ2) is 6.57. The fourth-order valence-electron chi connectivity index (χ4n) is 1.17. The summed E-state index contributed by atoms with van der Waals surface area (Å²) in [4.78, 5) is 0. The summed E-state index contributed by atoms with van der Waals surface area (Å²) in [5.41, 5.74) is 5.46. The molecule has 0 bridgehead atoms. The highest BCUT2D eigenvalue weighted by Crippen LogP contribution is 2.18. The van der Waals surface area contributed by atoms with Gasteiger partial charge in [0.25, 0.3) is 0 Å². The molecule has 0 amide bonds. The van der Waals surface area contributed by atoms with Gasteiger partial charge in [0, 0.05) is 6.54 Å². The Labute approximate surface area is 100 Å². The molecule has 1 atom stereocenters. The molecule has 0 rings (SSSR count). The van der Waals surface area contributed by atoms with Crippen molar-refractivity contribution in [2.75, 3.05) is 18.8 Å². The molecule has 3 N–H and O–H groups in total. The molecule has 0 fully saturated rings. The van der Waals surface area contributed by atoms with Crippen LogP contribution in [0.4, 0.5) is 0 Å². The standard InChI is InChI=1S/C11H26N2O2S/c1-10(5-7-12)9-13-16(14,15)8-6-11(2,3)4/h10,13H,5-9,12H2,1-4H3. The summed E-state index contributed by atoms with van der Waals surface area (Å²) in [6.45, 7) is 9.21. The molecular weight excluding hydrogens is 224 g/mol. The lowest BCUT2D eigenvalue weighted by atomic mass is 9.94. The van der Waals surface area contributed by atoms with Crippen molar-refractivity contribution in [2.24, 2.45) is 17.1 Å². The first kappa shape index (κ1) is 15.9. The summed E-state index contributed by atoms with van der Waals surface area (Å²) in [6, 6.07) is 0.